The summed E-state index contributed by atoms with van der Waals surface area (Å²) in [4.78, 5) is 14.0. The van der Waals surface area contributed by atoms with Crippen LogP contribution in [-0.4, -0.2) is 27.8 Å². The number of pyridine rings is 1. The molecular weight excluding hydrogens is 322 g/mol. The van der Waals surface area contributed by atoms with Crippen LogP contribution in [-0.2, 0) is 0 Å². The molecule has 0 fully saturated rings. The fourth-order valence-corrected chi connectivity index (χ4v) is 2.20. The summed E-state index contributed by atoms with van der Waals surface area (Å²) in [5, 5.41) is 14.7. The third-order valence-corrected chi connectivity index (χ3v) is 3.47. The molecule has 0 atom stereocenters. The number of nitrogens with zero attached hydrogens (tertiary/aromatic N) is 4. The number of nitro groups is 1. The Bertz CT molecular complexity index is 885. The number of hydrazone groups is 1. The van der Waals surface area contributed by atoms with Gasteiger partial charge in [-0.1, -0.05) is 0 Å². The number of methoxy groups -OCH3 is 1. The van der Waals surface area contributed by atoms with Crippen molar-refractivity contribution < 1.29 is 9.66 Å². The van der Waals surface area contributed by atoms with E-state index < -0.39 is 4.92 Å². The van der Waals surface area contributed by atoms with E-state index in [1.54, 1.807) is 13.3 Å². The summed E-state index contributed by atoms with van der Waals surface area (Å²) in [7, 11) is 1.63. The molecule has 0 bridgehead atoms. The Hall–Kier alpha value is -3.68. The van der Waals surface area contributed by atoms with E-state index in [1.165, 1.54) is 18.3 Å². The molecular formula is C17H15N5O3. The molecule has 2 heterocycles. The first kappa shape index (κ1) is 16.2. The maximum absolute atomic E-state index is 10.6. The van der Waals surface area contributed by atoms with Crippen molar-refractivity contribution in [2.45, 2.75) is 0 Å². The van der Waals surface area contributed by atoms with Crippen LogP contribution in [0, 0.1) is 10.1 Å². The van der Waals surface area contributed by atoms with Crippen molar-refractivity contribution >= 4 is 17.7 Å². The van der Waals surface area contributed by atoms with Gasteiger partial charge >= 0.3 is 0 Å². The zero-order valence-corrected chi connectivity index (χ0v) is 13.4. The summed E-state index contributed by atoms with van der Waals surface area (Å²) >= 11 is 0. The van der Waals surface area contributed by atoms with Crippen LogP contribution in [0.5, 0.6) is 5.75 Å². The molecule has 1 N–H and O–H groups in total. The van der Waals surface area contributed by atoms with Crippen molar-refractivity contribution in [3.63, 3.8) is 0 Å². The van der Waals surface area contributed by atoms with Crippen LogP contribution >= 0.6 is 0 Å². The Kier molecular flexibility index (Phi) is 4.70. The molecule has 0 saturated heterocycles. The minimum atomic E-state index is -0.498. The van der Waals surface area contributed by atoms with Gasteiger partial charge in [-0.15, -0.1) is 0 Å². The van der Waals surface area contributed by atoms with E-state index in [0.717, 1.165) is 17.1 Å². The molecule has 126 valence electrons. The van der Waals surface area contributed by atoms with Gasteiger partial charge in [-0.2, -0.15) is 5.10 Å². The molecule has 0 spiro atoms. The molecule has 3 aromatic rings. The lowest BCUT2D eigenvalue weighted by molar-refractivity contribution is -0.385. The van der Waals surface area contributed by atoms with Crippen molar-refractivity contribution in [2.24, 2.45) is 5.10 Å². The molecule has 3 rings (SSSR count). The predicted molar refractivity (Wildman–Crippen MR) is 94.4 cm³/mol. The largest absolute Gasteiger partial charge is 0.497 e. The van der Waals surface area contributed by atoms with Gasteiger partial charge in [0.1, 0.15) is 17.8 Å². The lowest BCUT2D eigenvalue weighted by Crippen LogP contribution is -2.00. The van der Waals surface area contributed by atoms with Gasteiger partial charge in [0.2, 0.25) is 0 Å². The predicted octanol–water partition coefficient (Wildman–Crippen LogP) is 3.24. The Morgan fingerprint density at radius 2 is 2.04 bits per heavy atom. The number of aromatic nitrogens is 2. The quantitative estimate of drug-likeness (QED) is 0.423. The molecule has 0 aliphatic carbocycles. The number of nitrogens with one attached hydrogen (secondary N) is 1. The molecule has 0 unspecified atom stereocenters. The summed E-state index contributed by atoms with van der Waals surface area (Å²) in [5.74, 6) is 1.21. The topological polar surface area (TPSA) is 94.6 Å². The van der Waals surface area contributed by atoms with Crippen LogP contribution < -0.4 is 10.2 Å². The van der Waals surface area contributed by atoms with Gasteiger partial charge in [0, 0.05) is 18.0 Å². The van der Waals surface area contributed by atoms with E-state index in [2.05, 4.69) is 15.5 Å². The average Bonchev–Trinajstić information content (AvgIpc) is 3.11. The Balaban J connectivity index is 1.71. The number of rotatable bonds is 6. The second-order valence-electron chi connectivity index (χ2n) is 5.03. The van der Waals surface area contributed by atoms with Crippen molar-refractivity contribution in [2.75, 3.05) is 12.5 Å². The lowest BCUT2D eigenvalue weighted by Gasteiger charge is -2.07. The third-order valence-electron chi connectivity index (χ3n) is 3.47. The van der Waals surface area contributed by atoms with Crippen LogP contribution in [0.1, 0.15) is 5.69 Å². The zero-order valence-electron chi connectivity index (χ0n) is 13.4. The van der Waals surface area contributed by atoms with Crippen molar-refractivity contribution in [1.82, 2.24) is 9.55 Å². The molecule has 0 radical (unpaired) electrons. The average molecular weight is 337 g/mol. The molecule has 0 aliphatic rings. The Labute approximate surface area is 143 Å². The first-order chi connectivity index (χ1) is 12.2. The van der Waals surface area contributed by atoms with Gasteiger partial charge in [-0.3, -0.25) is 15.5 Å². The highest BCUT2D eigenvalue weighted by Crippen LogP contribution is 2.17. The van der Waals surface area contributed by atoms with Crippen molar-refractivity contribution in [1.29, 1.82) is 0 Å². The van der Waals surface area contributed by atoms with Gasteiger partial charge in [-0.05, 0) is 42.5 Å². The van der Waals surface area contributed by atoms with Gasteiger partial charge < -0.3 is 9.30 Å². The number of anilines is 1. The molecule has 0 aliphatic heterocycles. The molecule has 0 amide bonds. The molecule has 1 aromatic carbocycles. The Morgan fingerprint density at radius 3 is 2.68 bits per heavy atom. The van der Waals surface area contributed by atoms with Gasteiger partial charge in [-0.25, -0.2) is 4.98 Å². The fourth-order valence-electron chi connectivity index (χ4n) is 2.20. The number of hydrogen-bond donors (Lipinski definition) is 1. The summed E-state index contributed by atoms with van der Waals surface area (Å²) < 4.78 is 7.13. The van der Waals surface area contributed by atoms with E-state index in [9.17, 15) is 10.1 Å². The molecule has 0 saturated carbocycles. The van der Waals surface area contributed by atoms with E-state index in [4.69, 9.17) is 4.74 Å². The Morgan fingerprint density at radius 1 is 1.24 bits per heavy atom. The summed E-state index contributed by atoms with van der Waals surface area (Å²) in [6.07, 6.45) is 4.75. The second kappa shape index (κ2) is 7.26. The monoisotopic (exact) mass is 337 g/mol. The van der Waals surface area contributed by atoms with E-state index in [-0.39, 0.29) is 5.69 Å². The minimum Gasteiger partial charge on any atom is -0.497 e. The molecule has 8 heteroatoms. The summed E-state index contributed by atoms with van der Waals surface area (Å²) in [6.45, 7) is 0. The highest BCUT2D eigenvalue weighted by molar-refractivity contribution is 5.79. The highest BCUT2D eigenvalue weighted by Gasteiger charge is 2.05. The molecule has 2 aromatic heterocycles. The fraction of sp³-hybridized carbons (Fsp3) is 0.0588. The minimum absolute atomic E-state index is 0.0667. The standard InChI is InChI=1S/C17H15N5O3/c1-25-16-7-4-13(5-8-16)21-10-2-3-14(21)12-19-20-17-9-6-15(11-18-17)22(23)24/h2-12H,1H3,(H,18,20). The lowest BCUT2D eigenvalue weighted by atomic mass is 10.3. The zero-order chi connectivity index (χ0) is 17.6. The van der Waals surface area contributed by atoms with Crippen LogP contribution in [0.15, 0.2) is 66.0 Å². The van der Waals surface area contributed by atoms with E-state index >= 15 is 0 Å². The molecule has 25 heavy (non-hydrogen) atoms. The first-order valence-electron chi connectivity index (χ1n) is 7.38. The maximum Gasteiger partial charge on any atom is 0.287 e. The maximum atomic E-state index is 10.6. The number of benzene rings is 1. The summed E-state index contributed by atoms with van der Waals surface area (Å²) in [6, 6.07) is 14.4. The normalized spacial score (nSPS) is 10.8. The number of hydrogen-bond acceptors (Lipinski definition) is 6. The van der Waals surface area contributed by atoms with Crippen LogP contribution in [0.25, 0.3) is 5.69 Å². The van der Waals surface area contributed by atoms with Gasteiger partial charge in [0.05, 0.1) is 23.9 Å². The first-order valence-corrected chi connectivity index (χ1v) is 7.38. The van der Waals surface area contributed by atoms with Crippen molar-refractivity contribution in [3.8, 4) is 11.4 Å². The van der Waals surface area contributed by atoms with Crippen LogP contribution in [0.2, 0.25) is 0 Å². The highest BCUT2D eigenvalue weighted by atomic mass is 16.6. The van der Waals surface area contributed by atoms with Crippen LogP contribution in [0.4, 0.5) is 11.5 Å². The van der Waals surface area contributed by atoms with Gasteiger partial charge in [0.15, 0.2) is 0 Å². The number of ether oxygens (including phenoxy) is 1. The smallest absolute Gasteiger partial charge is 0.287 e. The van der Waals surface area contributed by atoms with E-state index in [0.29, 0.717) is 5.82 Å². The van der Waals surface area contributed by atoms with Gasteiger partial charge in [0.25, 0.3) is 5.69 Å². The third kappa shape index (κ3) is 3.81. The van der Waals surface area contributed by atoms with E-state index in [1.807, 2.05) is 47.2 Å². The summed E-state index contributed by atoms with van der Waals surface area (Å²) in [5.41, 5.74) is 4.52. The van der Waals surface area contributed by atoms with Crippen molar-refractivity contribution in [3.05, 3.63) is 76.7 Å². The molecule has 8 nitrogen and oxygen atoms in total. The second-order valence-corrected chi connectivity index (χ2v) is 5.03. The SMILES string of the molecule is COc1ccc(-n2cccc2C=NNc2ccc([N+](=O)[O-])cn2)cc1. The van der Waals surface area contributed by atoms with Crippen LogP contribution in [0.3, 0.4) is 0 Å².